The summed E-state index contributed by atoms with van der Waals surface area (Å²) >= 11 is 0. The second kappa shape index (κ2) is 11.5. The highest BCUT2D eigenvalue weighted by Gasteiger charge is 2.14. The Morgan fingerprint density at radius 1 is 0.788 bits per heavy atom. The van der Waals surface area contributed by atoms with Gasteiger partial charge >= 0.3 is 11.9 Å². The predicted octanol–water partition coefficient (Wildman–Crippen LogP) is 3.19. The molecule has 9 heteroatoms. The number of carbonyl (C=O) groups is 3. The first-order chi connectivity index (χ1) is 16.0. The monoisotopic (exact) mass is 452 g/mol. The second-order valence-corrected chi connectivity index (χ2v) is 6.71. The Balaban J connectivity index is 1.59. The van der Waals surface area contributed by atoms with Crippen molar-refractivity contribution in [1.82, 2.24) is 9.97 Å². The van der Waals surface area contributed by atoms with E-state index in [4.69, 9.17) is 18.9 Å². The summed E-state index contributed by atoms with van der Waals surface area (Å²) in [5, 5.41) is 0. The third-order valence-electron chi connectivity index (χ3n) is 4.40. The average Bonchev–Trinajstić information content (AvgIpc) is 3.32. The second-order valence-electron chi connectivity index (χ2n) is 6.71. The molecule has 0 radical (unpaired) electrons. The summed E-state index contributed by atoms with van der Waals surface area (Å²) in [7, 11) is 0. The summed E-state index contributed by atoms with van der Waals surface area (Å²) in [6, 6.07) is 13.4. The van der Waals surface area contributed by atoms with Gasteiger partial charge in [0.1, 0.15) is 11.5 Å². The third kappa shape index (κ3) is 6.67. The molecule has 0 spiro atoms. The van der Waals surface area contributed by atoms with Crippen molar-refractivity contribution in [1.29, 1.82) is 0 Å². The van der Waals surface area contributed by atoms with E-state index in [0.29, 0.717) is 29.4 Å². The Labute approximate surface area is 190 Å². The van der Waals surface area contributed by atoms with E-state index >= 15 is 0 Å². The fourth-order valence-corrected chi connectivity index (χ4v) is 2.84. The summed E-state index contributed by atoms with van der Waals surface area (Å²) in [5.41, 5.74) is 1.87. The molecule has 9 nitrogen and oxygen atoms in total. The summed E-state index contributed by atoms with van der Waals surface area (Å²) in [4.78, 5) is 42.7. The van der Waals surface area contributed by atoms with Gasteiger partial charge in [0.2, 0.25) is 5.78 Å². The van der Waals surface area contributed by atoms with Gasteiger partial charge in [-0.1, -0.05) is 0 Å². The number of ketones is 1. The first kappa shape index (κ1) is 23.5. The molecule has 3 rings (SSSR count). The fourth-order valence-electron chi connectivity index (χ4n) is 2.84. The first-order valence-corrected chi connectivity index (χ1v) is 10.4. The van der Waals surface area contributed by atoms with Gasteiger partial charge in [-0.3, -0.25) is 4.79 Å². The van der Waals surface area contributed by atoms with Crippen LogP contribution in [0.5, 0.6) is 11.5 Å². The molecule has 0 bridgehead atoms. The Morgan fingerprint density at radius 2 is 1.30 bits per heavy atom. The lowest BCUT2D eigenvalue weighted by atomic mass is 10.1. The van der Waals surface area contributed by atoms with Crippen molar-refractivity contribution in [3.63, 3.8) is 0 Å². The molecule has 0 unspecified atom stereocenters. The number of benzene rings is 2. The normalized spacial score (nSPS) is 10.4. The van der Waals surface area contributed by atoms with Crippen molar-refractivity contribution >= 4 is 17.7 Å². The molecule has 0 aliphatic carbocycles. The van der Waals surface area contributed by atoms with Gasteiger partial charge in [0.15, 0.2) is 19.0 Å². The number of esters is 2. The van der Waals surface area contributed by atoms with Gasteiger partial charge in [-0.05, 0) is 67.9 Å². The van der Waals surface area contributed by atoms with Gasteiger partial charge in [-0.15, -0.1) is 0 Å². The Kier molecular flexibility index (Phi) is 8.18. The highest BCUT2D eigenvalue weighted by atomic mass is 16.6. The molecule has 0 saturated heterocycles. The van der Waals surface area contributed by atoms with Gasteiger partial charge in [0, 0.05) is 5.56 Å². The van der Waals surface area contributed by atoms with Crippen molar-refractivity contribution in [3.05, 3.63) is 66.1 Å². The predicted molar refractivity (Wildman–Crippen MR) is 118 cm³/mol. The molecule has 3 aromatic rings. The number of aromatic nitrogens is 2. The molecule has 33 heavy (non-hydrogen) atoms. The largest absolute Gasteiger partial charge is 0.482 e. The van der Waals surface area contributed by atoms with Crippen LogP contribution in [0.15, 0.2) is 54.7 Å². The zero-order valence-corrected chi connectivity index (χ0v) is 18.3. The molecule has 0 fully saturated rings. The molecule has 0 atom stereocenters. The van der Waals surface area contributed by atoms with Gasteiger partial charge < -0.3 is 23.9 Å². The highest BCUT2D eigenvalue weighted by molar-refractivity contribution is 6.06. The van der Waals surface area contributed by atoms with Gasteiger partial charge in [0.25, 0.3) is 0 Å². The van der Waals surface area contributed by atoms with E-state index in [-0.39, 0.29) is 31.4 Å². The minimum absolute atomic E-state index is 0.164. The summed E-state index contributed by atoms with van der Waals surface area (Å²) in [6.07, 6.45) is 1.57. The van der Waals surface area contributed by atoms with Crippen LogP contribution in [0, 0.1) is 0 Å². The van der Waals surface area contributed by atoms with Crippen molar-refractivity contribution in [2.75, 3.05) is 26.4 Å². The maximum atomic E-state index is 12.7. The molecule has 1 N–H and O–H groups in total. The molecule has 2 aromatic carbocycles. The van der Waals surface area contributed by atoms with Crippen molar-refractivity contribution in [2.45, 2.75) is 13.8 Å². The number of carbonyl (C=O) groups excluding carboxylic acids is 3. The number of nitrogens with zero attached hydrogens (tertiary/aromatic N) is 1. The molecule has 0 aliphatic rings. The van der Waals surface area contributed by atoms with E-state index in [1.54, 1.807) is 68.6 Å². The quantitative estimate of drug-likeness (QED) is 0.348. The van der Waals surface area contributed by atoms with Crippen LogP contribution in [-0.2, 0) is 19.1 Å². The van der Waals surface area contributed by atoms with Gasteiger partial charge in [-0.25, -0.2) is 14.6 Å². The van der Waals surface area contributed by atoms with E-state index in [9.17, 15) is 14.4 Å². The van der Waals surface area contributed by atoms with Crippen molar-refractivity contribution < 1.29 is 33.3 Å². The Morgan fingerprint density at radius 3 is 1.82 bits per heavy atom. The number of nitrogens with one attached hydrogen (secondary N) is 1. The van der Waals surface area contributed by atoms with Gasteiger partial charge in [-0.2, -0.15) is 0 Å². The van der Waals surface area contributed by atoms with Gasteiger partial charge in [0.05, 0.1) is 25.1 Å². The molecular weight excluding hydrogens is 428 g/mol. The van der Waals surface area contributed by atoms with Crippen molar-refractivity contribution in [3.8, 4) is 22.8 Å². The van der Waals surface area contributed by atoms with Crippen LogP contribution < -0.4 is 9.47 Å². The van der Waals surface area contributed by atoms with Crippen LogP contribution in [0.3, 0.4) is 0 Å². The van der Waals surface area contributed by atoms with E-state index < -0.39 is 11.9 Å². The lowest BCUT2D eigenvalue weighted by Crippen LogP contribution is -2.14. The van der Waals surface area contributed by atoms with Crippen LogP contribution in [0.2, 0.25) is 0 Å². The molecule has 172 valence electrons. The molecule has 1 aromatic heterocycles. The highest BCUT2D eigenvalue weighted by Crippen LogP contribution is 2.22. The van der Waals surface area contributed by atoms with Crippen LogP contribution in [0.25, 0.3) is 11.3 Å². The topological polar surface area (TPSA) is 117 Å². The zero-order chi connectivity index (χ0) is 23.6. The number of imidazole rings is 1. The number of ether oxygens (including phenoxy) is 4. The van der Waals surface area contributed by atoms with E-state index in [1.807, 2.05) is 0 Å². The zero-order valence-electron chi connectivity index (χ0n) is 18.3. The maximum absolute atomic E-state index is 12.7. The van der Waals surface area contributed by atoms with E-state index in [0.717, 1.165) is 5.56 Å². The van der Waals surface area contributed by atoms with E-state index in [2.05, 4.69) is 9.97 Å². The summed E-state index contributed by atoms with van der Waals surface area (Å²) in [5.74, 6) is -0.0189. The first-order valence-electron chi connectivity index (χ1n) is 10.4. The van der Waals surface area contributed by atoms with Crippen LogP contribution in [0.1, 0.15) is 30.0 Å². The molecular formula is C24H24N2O7. The molecule has 0 amide bonds. The number of H-pyrrole nitrogens is 1. The minimum atomic E-state index is -0.459. The summed E-state index contributed by atoms with van der Waals surface area (Å²) in [6.45, 7) is 3.67. The average molecular weight is 452 g/mol. The standard InChI is InChI=1S/C24H24N2O7/c1-3-30-21(27)14-32-18-9-5-16(6-10-18)20-13-25-24(26-20)23(29)17-7-11-19(12-8-17)33-15-22(28)31-4-2/h5-13H,3-4,14-15H2,1-2H3,(H,25,26). The Hall–Kier alpha value is -4.14. The number of hydrogen-bond acceptors (Lipinski definition) is 8. The van der Waals surface area contributed by atoms with Crippen LogP contribution >= 0.6 is 0 Å². The lowest BCUT2D eigenvalue weighted by Gasteiger charge is -2.06. The van der Waals surface area contributed by atoms with Crippen LogP contribution in [0.4, 0.5) is 0 Å². The van der Waals surface area contributed by atoms with E-state index in [1.165, 1.54) is 0 Å². The van der Waals surface area contributed by atoms with Crippen molar-refractivity contribution in [2.24, 2.45) is 0 Å². The number of hydrogen-bond donors (Lipinski definition) is 1. The molecule has 0 aliphatic heterocycles. The number of rotatable bonds is 11. The third-order valence-corrected chi connectivity index (χ3v) is 4.40. The lowest BCUT2D eigenvalue weighted by molar-refractivity contribution is -0.146. The summed E-state index contributed by atoms with van der Waals surface area (Å²) < 4.78 is 20.3. The van der Waals surface area contributed by atoms with Crippen LogP contribution in [-0.4, -0.2) is 54.1 Å². The minimum Gasteiger partial charge on any atom is -0.482 e. The smallest absolute Gasteiger partial charge is 0.344 e. The fraction of sp³-hybridized carbons (Fsp3) is 0.250. The maximum Gasteiger partial charge on any atom is 0.344 e. The molecule has 1 heterocycles. The Bertz CT molecular complexity index is 1090. The number of aromatic amines is 1. The SMILES string of the molecule is CCOC(=O)COc1ccc(C(=O)c2ncc(-c3ccc(OCC(=O)OCC)cc3)[nH]2)cc1. The molecule has 0 saturated carbocycles.